The van der Waals surface area contributed by atoms with Gasteiger partial charge in [0.1, 0.15) is 11.9 Å². The van der Waals surface area contributed by atoms with Crippen LogP contribution in [0.4, 0.5) is 0 Å². The number of likely N-dealkylation sites (tertiary alicyclic amines) is 1. The second-order valence-corrected chi connectivity index (χ2v) is 7.20. The number of carbonyl (C=O) groups is 2. The summed E-state index contributed by atoms with van der Waals surface area (Å²) in [5, 5.41) is 0. The quantitative estimate of drug-likeness (QED) is 0.826. The minimum absolute atomic E-state index is 0.0244. The van der Waals surface area contributed by atoms with Crippen molar-refractivity contribution in [2.24, 2.45) is 13.0 Å². The molecule has 0 aromatic carbocycles. The number of rotatable bonds is 3. The van der Waals surface area contributed by atoms with Crippen molar-refractivity contribution in [3.8, 4) is 0 Å². The molecule has 3 heterocycles. The van der Waals surface area contributed by atoms with E-state index in [9.17, 15) is 9.59 Å². The fourth-order valence-electron chi connectivity index (χ4n) is 3.81. The molecule has 0 saturated carbocycles. The number of morpholine rings is 1. The summed E-state index contributed by atoms with van der Waals surface area (Å²) in [6, 6.07) is -0.291. The summed E-state index contributed by atoms with van der Waals surface area (Å²) in [5.74, 6) is 0.445. The Labute approximate surface area is 142 Å². The van der Waals surface area contributed by atoms with E-state index < -0.39 is 0 Å². The van der Waals surface area contributed by atoms with Gasteiger partial charge in [-0.15, -0.1) is 0 Å². The van der Waals surface area contributed by atoms with Crippen molar-refractivity contribution in [3.63, 3.8) is 0 Å². The third-order valence-electron chi connectivity index (χ3n) is 4.95. The van der Waals surface area contributed by atoms with Crippen molar-refractivity contribution in [2.75, 3.05) is 26.2 Å². The average Bonchev–Trinajstić information content (AvgIpc) is 3.08. The highest BCUT2D eigenvalue weighted by atomic mass is 16.5. The SMILES string of the molecule is CCN1C(=O)C[C@H](C(=O)N2CCOC(C)(C)C2)[C@H]1c1nccn1C. The molecule has 2 amide bonds. The van der Waals surface area contributed by atoms with Gasteiger partial charge in [0, 0.05) is 45.5 Å². The number of nitrogens with zero attached hydrogens (tertiary/aromatic N) is 4. The largest absolute Gasteiger partial charge is 0.372 e. The van der Waals surface area contributed by atoms with Crippen molar-refractivity contribution in [1.29, 1.82) is 0 Å². The molecule has 0 spiro atoms. The van der Waals surface area contributed by atoms with E-state index >= 15 is 0 Å². The normalized spacial score (nSPS) is 26.9. The van der Waals surface area contributed by atoms with Crippen molar-refractivity contribution < 1.29 is 14.3 Å². The number of imidazole rings is 1. The maximum Gasteiger partial charge on any atom is 0.228 e. The molecule has 0 bridgehead atoms. The second-order valence-electron chi connectivity index (χ2n) is 7.20. The van der Waals surface area contributed by atoms with Crippen LogP contribution in [0.2, 0.25) is 0 Å². The number of hydrogen-bond acceptors (Lipinski definition) is 4. The van der Waals surface area contributed by atoms with Crippen LogP contribution in [0.25, 0.3) is 0 Å². The molecule has 0 radical (unpaired) electrons. The van der Waals surface area contributed by atoms with Crippen LogP contribution in [0.5, 0.6) is 0 Å². The second kappa shape index (κ2) is 6.20. The highest BCUT2D eigenvalue weighted by molar-refractivity contribution is 5.90. The smallest absolute Gasteiger partial charge is 0.228 e. The zero-order valence-corrected chi connectivity index (χ0v) is 14.9. The van der Waals surface area contributed by atoms with Gasteiger partial charge in [0.2, 0.25) is 11.8 Å². The Kier molecular flexibility index (Phi) is 4.38. The van der Waals surface area contributed by atoms with Gasteiger partial charge in [-0.1, -0.05) is 0 Å². The van der Waals surface area contributed by atoms with E-state index in [1.54, 1.807) is 11.1 Å². The molecule has 2 aliphatic heterocycles. The number of aromatic nitrogens is 2. The van der Waals surface area contributed by atoms with Crippen molar-refractivity contribution >= 4 is 11.8 Å². The maximum atomic E-state index is 13.2. The first kappa shape index (κ1) is 17.0. The van der Waals surface area contributed by atoms with E-state index in [0.717, 1.165) is 5.82 Å². The third-order valence-corrected chi connectivity index (χ3v) is 4.95. The lowest BCUT2D eigenvalue weighted by Crippen LogP contribution is -2.52. The molecule has 2 atom stereocenters. The molecule has 1 aromatic heterocycles. The van der Waals surface area contributed by atoms with Gasteiger partial charge in [-0.25, -0.2) is 4.98 Å². The van der Waals surface area contributed by atoms with Gasteiger partial charge >= 0.3 is 0 Å². The van der Waals surface area contributed by atoms with E-state index in [4.69, 9.17) is 4.74 Å². The van der Waals surface area contributed by atoms with Gasteiger partial charge in [0.25, 0.3) is 0 Å². The Morgan fingerprint density at radius 3 is 2.79 bits per heavy atom. The van der Waals surface area contributed by atoms with E-state index in [1.807, 2.05) is 43.5 Å². The predicted molar refractivity (Wildman–Crippen MR) is 88.1 cm³/mol. The molecule has 2 saturated heterocycles. The molecule has 0 N–H and O–H groups in total. The Morgan fingerprint density at radius 2 is 2.21 bits per heavy atom. The van der Waals surface area contributed by atoms with Crippen LogP contribution in [0.3, 0.4) is 0 Å². The molecule has 2 fully saturated rings. The van der Waals surface area contributed by atoms with E-state index in [-0.39, 0.29) is 35.8 Å². The van der Waals surface area contributed by atoms with Crippen LogP contribution in [-0.2, 0) is 21.4 Å². The molecule has 24 heavy (non-hydrogen) atoms. The zero-order chi connectivity index (χ0) is 17.5. The molecule has 7 nitrogen and oxygen atoms in total. The Hall–Kier alpha value is -1.89. The molecular weight excluding hydrogens is 308 g/mol. The standard InChI is InChI=1S/C17H26N4O3/c1-5-21-13(22)10-12(14(21)15-18-6-7-19(15)4)16(23)20-8-9-24-17(2,3)11-20/h6-7,12,14H,5,8-11H2,1-4H3/t12-,14-/m0/s1. The summed E-state index contributed by atoms with van der Waals surface area (Å²) >= 11 is 0. The first-order valence-corrected chi connectivity index (χ1v) is 8.53. The van der Waals surface area contributed by atoms with Crippen LogP contribution >= 0.6 is 0 Å². The molecule has 7 heteroatoms. The van der Waals surface area contributed by atoms with Gasteiger partial charge in [-0.05, 0) is 20.8 Å². The molecule has 0 unspecified atom stereocenters. The average molecular weight is 334 g/mol. The number of carbonyl (C=O) groups excluding carboxylic acids is 2. The summed E-state index contributed by atoms with van der Waals surface area (Å²) in [4.78, 5) is 33.6. The van der Waals surface area contributed by atoms with Crippen LogP contribution in [0.1, 0.15) is 39.1 Å². The molecule has 132 valence electrons. The van der Waals surface area contributed by atoms with Gasteiger partial charge in [-0.2, -0.15) is 0 Å². The first-order chi connectivity index (χ1) is 11.3. The monoisotopic (exact) mass is 334 g/mol. The minimum Gasteiger partial charge on any atom is -0.372 e. The highest BCUT2D eigenvalue weighted by Gasteiger charge is 2.47. The maximum absolute atomic E-state index is 13.2. The summed E-state index contributed by atoms with van der Waals surface area (Å²) in [6.45, 7) is 8.15. The lowest BCUT2D eigenvalue weighted by atomic mass is 9.96. The summed E-state index contributed by atoms with van der Waals surface area (Å²) in [6.07, 6.45) is 3.82. The van der Waals surface area contributed by atoms with Crippen molar-refractivity contribution in [3.05, 3.63) is 18.2 Å². The number of aryl methyl sites for hydroxylation is 1. The van der Waals surface area contributed by atoms with Crippen LogP contribution in [0, 0.1) is 5.92 Å². The summed E-state index contributed by atoms with van der Waals surface area (Å²) in [7, 11) is 1.90. The number of hydrogen-bond donors (Lipinski definition) is 0. The number of amides is 2. The van der Waals surface area contributed by atoms with Gasteiger partial charge in [0.15, 0.2) is 0 Å². The number of ether oxygens (including phenoxy) is 1. The van der Waals surface area contributed by atoms with Gasteiger partial charge < -0.3 is 19.1 Å². The van der Waals surface area contributed by atoms with Crippen LogP contribution < -0.4 is 0 Å². The minimum atomic E-state index is -0.382. The van der Waals surface area contributed by atoms with Crippen molar-refractivity contribution in [1.82, 2.24) is 19.4 Å². The summed E-state index contributed by atoms with van der Waals surface area (Å²) in [5.41, 5.74) is -0.348. The van der Waals surface area contributed by atoms with E-state index in [0.29, 0.717) is 26.2 Å². The fourth-order valence-corrected chi connectivity index (χ4v) is 3.81. The van der Waals surface area contributed by atoms with Crippen LogP contribution in [0.15, 0.2) is 12.4 Å². The van der Waals surface area contributed by atoms with Crippen molar-refractivity contribution in [2.45, 2.75) is 38.8 Å². The Bertz CT molecular complexity index is 640. The molecule has 3 rings (SSSR count). The molecular formula is C17H26N4O3. The lowest BCUT2D eigenvalue weighted by molar-refractivity contribution is -0.151. The highest BCUT2D eigenvalue weighted by Crippen LogP contribution is 2.38. The predicted octanol–water partition coefficient (Wildman–Crippen LogP) is 0.967. The van der Waals surface area contributed by atoms with Gasteiger partial charge in [-0.3, -0.25) is 9.59 Å². The third kappa shape index (κ3) is 2.92. The van der Waals surface area contributed by atoms with E-state index in [1.165, 1.54) is 0 Å². The molecule has 1 aromatic rings. The molecule has 0 aliphatic carbocycles. The first-order valence-electron chi connectivity index (χ1n) is 8.53. The van der Waals surface area contributed by atoms with Gasteiger partial charge in [0.05, 0.1) is 18.1 Å². The van der Waals surface area contributed by atoms with Crippen LogP contribution in [-0.4, -0.2) is 63.0 Å². The fraction of sp³-hybridized carbons (Fsp3) is 0.706. The zero-order valence-electron chi connectivity index (χ0n) is 14.9. The Morgan fingerprint density at radius 1 is 1.46 bits per heavy atom. The summed E-state index contributed by atoms with van der Waals surface area (Å²) < 4.78 is 7.60. The Balaban J connectivity index is 1.89. The lowest BCUT2D eigenvalue weighted by Gasteiger charge is -2.40. The van der Waals surface area contributed by atoms with E-state index in [2.05, 4.69) is 4.98 Å². The topological polar surface area (TPSA) is 67.7 Å². The molecule has 2 aliphatic rings.